The molecule has 1 aliphatic heterocycles. The largest absolute Gasteiger partial charge is 0.444 e. The molecule has 1 aliphatic rings. The van der Waals surface area contributed by atoms with Crippen LogP contribution < -0.4 is 10.2 Å². The number of alkyl halides is 3. The number of carbonyl (C=O) groups is 1. The number of aliphatic hydroxyl groups is 1. The Bertz CT molecular complexity index is 1370. The van der Waals surface area contributed by atoms with Crippen molar-refractivity contribution in [1.82, 2.24) is 15.2 Å². The molecule has 2 aromatic heterocycles. The van der Waals surface area contributed by atoms with E-state index in [4.69, 9.17) is 13.9 Å². The Labute approximate surface area is 241 Å². The molecule has 2 atom stereocenters. The molecular weight excluding hydrogens is 555 g/mol. The van der Waals surface area contributed by atoms with E-state index >= 15 is 0 Å². The average Bonchev–Trinajstić information content (AvgIpc) is 3.58. The van der Waals surface area contributed by atoms with Crippen LogP contribution in [0.5, 0.6) is 0 Å². The second-order valence-electron chi connectivity index (χ2n) is 10.9. The van der Waals surface area contributed by atoms with E-state index in [1.807, 2.05) is 30.3 Å². The maximum absolute atomic E-state index is 14.4. The highest BCUT2D eigenvalue weighted by Gasteiger charge is 2.40. The minimum atomic E-state index is -4.79. The molecular formula is C29H34F3N5O5. The number of pyridine rings is 1. The molecule has 1 amide bonds. The van der Waals surface area contributed by atoms with Crippen LogP contribution in [-0.2, 0) is 22.3 Å². The number of amides is 1. The number of anilines is 2. The van der Waals surface area contributed by atoms with Gasteiger partial charge < -0.3 is 23.9 Å². The zero-order valence-corrected chi connectivity index (χ0v) is 23.6. The number of nitrogens with one attached hydrogen (secondary N) is 1. The van der Waals surface area contributed by atoms with Gasteiger partial charge in [0, 0.05) is 12.6 Å². The lowest BCUT2D eigenvalue weighted by molar-refractivity contribution is -0.137. The summed E-state index contributed by atoms with van der Waals surface area (Å²) in [7, 11) is 0. The molecule has 226 valence electrons. The molecule has 0 spiro atoms. The fourth-order valence-corrected chi connectivity index (χ4v) is 4.55. The van der Waals surface area contributed by atoms with Crippen molar-refractivity contribution in [3.63, 3.8) is 0 Å². The molecule has 4 rings (SSSR count). The molecule has 2 N–H and O–H groups in total. The summed E-state index contributed by atoms with van der Waals surface area (Å²) < 4.78 is 59.5. The minimum absolute atomic E-state index is 0.178. The standard InChI is InChI=1S/C29H34F3N5O5/c1-5-10-19-13-9-14-37(19)24-20(29(30,31)32)15-21(33-27(39)42-28(2,3)4)23(34-24)26-36-35-25(41-26)22(38)17-40-16-18-11-7-6-8-12-18/h5-8,11-12,15,19,22,38H,1,9-10,13-14,16-17H2,2-4H3,(H,33,39)/t19-,22?/m1/s1. The van der Waals surface area contributed by atoms with Gasteiger partial charge in [-0.15, -0.1) is 16.8 Å². The minimum Gasteiger partial charge on any atom is -0.444 e. The van der Waals surface area contributed by atoms with Gasteiger partial charge in [0.05, 0.1) is 18.9 Å². The normalized spacial score (nSPS) is 16.4. The number of halogens is 3. The zero-order valence-electron chi connectivity index (χ0n) is 23.6. The molecule has 3 aromatic rings. The number of hydrogen-bond acceptors (Lipinski definition) is 9. The van der Waals surface area contributed by atoms with E-state index in [2.05, 4.69) is 27.1 Å². The summed E-state index contributed by atoms with van der Waals surface area (Å²) in [5.74, 6) is -0.856. The first-order chi connectivity index (χ1) is 19.9. The number of benzene rings is 1. The van der Waals surface area contributed by atoms with E-state index in [0.717, 1.165) is 11.6 Å². The summed E-state index contributed by atoms with van der Waals surface area (Å²) in [4.78, 5) is 18.5. The molecule has 0 radical (unpaired) electrons. The van der Waals surface area contributed by atoms with E-state index in [1.165, 1.54) is 0 Å². The van der Waals surface area contributed by atoms with Crippen LogP contribution in [0.4, 0.5) is 29.5 Å². The second-order valence-corrected chi connectivity index (χ2v) is 10.9. The summed E-state index contributed by atoms with van der Waals surface area (Å²) in [6.07, 6.45) is -3.65. The van der Waals surface area contributed by atoms with Gasteiger partial charge in [-0.05, 0) is 51.7 Å². The Morgan fingerprint density at radius 2 is 2.00 bits per heavy atom. The van der Waals surface area contributed by atoms with Crippen LogP contribution in [0, 0.1) is 0 Å². The predicted octanol–water partition coefficient (Wildman–Crippen LogP) is 6.29. The Morgan fingerprint density at radius 3 is 2.67 bits per heavy atom. The average molecular weight is 590 g/mol. The maximum Gasteiger partial charge on any atom is 0.420 e. The molecule has 1 unspecified atom stereocenters. The third-order valence-corrected chi connectivity index (χ3v) is 6.35. The van der Waals surface area contributed by atoms with Crippen molar-refractivity contribution < 1.29 is 37.0 Å². The van der Waals surface area contributed by atoms with E-state index in [0.29, 0.717) is 25.8 Å². The quantitative estimate of drug-likeness (QED) is 0.263. The highest BCUT2D eigenvalue weighted by molar-refractivity contribution is 5.90. The van der Waals surface area contributed by atoms with Gasteiger partial charge in [-0.3, -0.25) is 5.32 Å². The van der Waals surface area contributed by atoms with E-state index in [-0.39, 0.29) is 48.2 Å². The molecule has 10 nitrogen and oxygen atoms in total. The van der Waals surface area contributed by atoms with Crippen molar-refractivity contribution in [1.29, 1.82) is 0 Å². The number of carbonyl (C=O) groups excluding carboxylic acids is 1. The lowest BCUT2D eigenvalue weighted by Gasteiger charge is -2.28. The summed E-state index contributed by atoms with van der Waals surface area (Å²) in [5, 5.41) is 20.7. The van der Waals surface area contributed by atoms with Crippen LogP contribution in [-0.4, -0.2) is 51.2 Å². The number of aliphatic hydroxyl groups excluding tert-OH is 1. The maximum atomic E-state index is 14.4. The molecule has 1 saturated heterocycles. The second kappa shape index (κ2) is 12.9. The van der Waals surface area contributed by atoms with Crippen LogP contribution in [0.25, 0.3) is 11.6 Å². The fourth-order valence-electron chi connectivity index (χ4n) is 4.55. The number of aromatic nitrogens is 3. The van der Waals surface area contributed by atoms with Crippen molar-refractivity contribution in [2.75, 3.05) is 23.4 Å². The third kappa shape index (κ3) is 7.85. The first-order valence-corrected chi connectivity index (χ1v) is 13.5. The van der Waals surface area contributed by atoms with Crippen LogP contribution in [0.3, 0.4) is 0 Å². The van der Waals surface area contributed by atoms with Gasteiger partial charge in [0.25, 0.3) is 5.89 Å². The van der Waals surface area contributed by atoms with Crippen molar-refractivity contribution in [2.24, 2.45) is 0 Å². The Kier molecular flexibility index (Phi) is 9.52. The van der Waals surface area contributed by atoms with Gasteiger partial charge in [0.15, 0.2) is 11.8 Å². The monoisotopic (exact) mass is 589 g/mol. The van der Waals surface area contributed by atoms with Crippen LogP contribution in [0.2, 0.25) is 0 Å². The van der Waals surface area contributed by atoms with Gasteiger partial charge in [-0.2, -0.15) is 13.2 Å². The van der Waals surface area contributed by atoms with Crippen LogP contribution >= 0.6 is 0 Å². The Balaban J connectivity index is 1.69. The summed E-state index contributed by atoms with van der Waals surface area (Å²) in [5.41, 5.74) is -1.61. The van der Waals surface area contributed by atoms with Gasteiger partial charge >= 0.3 is 12.3 Å². The molecule has 0 saturated carbocycles. The van der Waals surface area contributed by atoms with Gasteiger partial charge in [0.1, 0.15) is 17.0 Å². The van der Waals surface area contributed by atoms with Gasteiger partial charge in [-0.1, -0.05) is 36.4 Å². The van der Waals surface area contributed by atoms with Gasteiger partial charge in [-0.25, -0.2) is 9.78 Å². The molecule has 1 fully saturated rings. The summed E-state index contributed by atoms with van der Waals surface area (Å²) >= 11 is 0. The Hall–Kier alpha value is -3.97. The molecule has 0 aliphatic carbocycles. The number of rotatable bonds is 10. The van der Waals surface area contributed by atoms with Crippen molar-refractivity contribution in [3.05, 3.63) is 66.1 Å². The predicted molar refractivity (Wildman–Crippen MR) is 149 cm³/mol. The smallest absolute Gasteiger partial charge is 0.420 e. The lowest BCUT2D eigenvalue weighted by atomic mass is 10.1. The summed E-state index contributed by atoms with van der Waals surface area (Å²) in [6.45, 7) is 8.98. The topological polar surface area (TPSA) is 123 Å². The highest BCUT2D eigenvalue weighted by atomic mass is 19.4. The van der Waals surface area contributed by atoms with Gasteiger partial charge in [0.2, 0.25) is 5.89 Å². The molecule has 13 heteroatoms. The van der Waals surface area contributed by atoms with Crippen molar-refractivity contribution >= 4 is 17.6 Å². The SMILES string of the molecule is C=CC[C@@H]1CCCN1c1nc(-c2nnc(C(O)COCc3ccccc3)o2)c(NC(=O)OC(C)(C)C)cc1C(F)(F)F. The number of nitrogens with zero attached hydrogens (tertiary/aromatic N) is 4. The van der Waals surface area contributed by atoms with E-state index < -0.39 is 29.5 Å². The zero-order chi connectivity index (χ0) is 30.5. The Morgan fingerprint density at radius 1 is 1.26 bits per heavy atom. The van der Waals surface area contributed by atoms with E-state index in [9.17, 15) is 23.1 Å². The molecule has 3 heterocycles. The lowest BCUT2D eigenvalue weighted by Crippen LogP contribution is -2.32. The van der Waals surface area contributed by atoms with Crippen LogP contribution in [0.15, 0.2) is 53.5 Å². The highest BCUT2D eigenvalue weighted by Crippen LogP contribution is 2.42. The first-order valence-electron chi connectivity index (χ1n) is 13.5. The number of ether oxygens (including phenoxy) is 2. The fraction of sp³-hybridized carbons (Fsp3) is 0.448. The number of hydrogen-bond donors (Lipinski definition) is 2. The molecule has 1 aromatic carbocycles. The summed E-state index contributed by atoms with van der Waals surface area (Å²) in [6, 6.07) is 9.86. The van der Waals surface area contributed by atoms with Crippen LogP contribution in [0.1, 0.15) is 63.2 Å². The van der Waals surface area contributed by atoms with Crippen molar-refractivity contribution in [3.8, 4) is 11.6 Å². The third-order valence-electron chi connectivity index (χ3n) is 6.35. The first kappa shape index (κ1) is 31.0. The van der Waals surface area contributed by atoms with Crippen molar-refractivity contribution in [2.45, 2.75) is 70.6 Å². The molecule has 0 bridgehead atoms. The van der Waals surface area contributed by atoms with E-state index in [1.54, 1.807) is 31.7 Å². The molecule has 42 heavy (non-hydrogen) atoms.